The lowest BCUT2D eigenvalue weighted by Crippen LogP contribution is -2.11. The second-order valence-corrected chi connectivity index (χ2v) is 14.0. The van der Waals surface area contributed by atoms with Gasteiger partial charge in [-0.3, -0.25) is 0 Å². The molecular formula is C51H32N4O2. The van der Waals surface area contributed by atoms with Crippen LogP contribution in [0.2, 0.25) is 0 Å². The summed E-state index contributed by atoms with van der Waals surface area (Å²) < 4.78 is 13.4. The molecule has 0 radical (unpaired) electrons. The molecule has 0 bridgehead atoms. The Morgan fingerprint density at radius 3 is 1.54 bits per heavy atom. The van der Waals surface area contributed by atoms with E-state index in [1.807, 2.05) is 103 Å². The second-order valence-electron chi connectivity index (χ2n) is 14.0. The van der Waals surface area contributed by atoms with Gasteiger partial charge in [-0.25, -0.2) is 15.0 Å². The van der Waals surface area contributed by atoms with Crippen LogP contribution in [0, 0.1) is 0 Å². The maximum absolute atomic E-state index is 6.70. The van der Waals surface area contributed by atoms with Crippen LogP contribution in [-0.2, 0) is 0 Å². The summed E-state index contributed by atoms with van der Waals surface area (Å²) in [6.45, 7) is 0. The highest BCUT2D eigenvalue weighted by molar-refractivity contribution is 6.14. The predicted molar refractivity (Wildman–Crippen MR) is 231 cm³/mol. The minimum Gasteiger partial charge on any atom is -0.456 e. The van der Waals surface area contributed by atoms with Gasteiger partial charge in [0.15, 0.2) is 23.1 Å². The van der Waals surface area contributed by atoms with E-state index in [9.17, 15) is 0 Å². The summed E-state index contributed by atoms with van der Waals surface area (Å²) in [6.07, 6.45) is 0. The molecule has 11 rings (SSSR count). The molecule has 0 saturated heterocycles. The summed E-state index contributed by atoms with van der Waals surface area (Å²) in [5.74, 6) is 1.72. The molecule has 0 aliphatic carbocycles. The zero-order valence-electron chi connectivity index (χ0n) is 30.6. The Hall–Kier alpha value is -7.83. The summed E-state index contributed by atoms with van der Waals surface area (Å²) in [5, 5.41) is 4.01. The lowest BCUT2D eigenvalue weighted by atomic mass is 10.0. The molecule has 268 valence electrons. The van der Waals surface area contributed by atoms with Gasteiger partial charge in [-0.15, -0.1) is 0 Å². The van der Waals surface area contributed by atoms with E-state index in [0.29, 0.717) is 23.1 Å². The number of benzene rings is 8. The molecular weight excluding hydrogens is 701 g/mol. The Morgan fingerprint density at radius 2 is 0.877 bits per heavy atom. The van der Waals surface area contributed by atoms with E-state index < -0.39 is 0 Å². The molecule has 0 spiro atoms. The van der Waals surface area contributed by atoms with E-state index in [1.165, 1.54) is 0 Å². The third-order valence-electron chi connectivity index (χ3n) is 10.5. The number of anilines is 3. The number of para-hydroxylation sites is 3. The maximum Gasteiger partial charge on any atom is 0.164 e. The van der Waals surface area contributed by atoms with Crippen LogP contribution in [0.1, 0.15) is 0 Å². The molecule has 8 aromatic carbocycles. The molecule has 6 nitrogen and oxygen atoms in total. The highest BCUT2D eigenvalue weighted by Crippen LogP contribution is 2.46. The highest BCUT2D eigenvalue weighted by atomic mass is 16.3. The van der Waals surface area contributed by atoms with Crippen molar-refractivity contribution in [2.24, 2.45) is 0 Å². The average molecular weight is 733 g/mol. The van der Waals surface area contributed by atoms with Crippen molar-refractivity contribution in [3.8, 4) is 45.3 Å². The van der Waals surface area contributed by atoms with Crippen molar-refractivity contribution in [2.75, 3.05) is 4.90 Å². The van der Waals surface area contributed by atoms with E-state index in [2.05, 4.69) is 95.9 Å². The van der Waals surface area contributed by atoms with Crippen molar-refractivity contribution in [3.63, 3.8) is 0 Å². The lowest BCUT2D eigenvalue weighted by Gasteiger charge is -2.26. The van der Waals surface area contributed by atoms with Crippen LogP contribution < -0.4 is 4.90 Å². The molecule has 0 atom stereocenters. The van der Waals surface area contributed by atoms with Gasteiger partial charge < -0.3 is 13.7 Å². The van der Waals surface area contributed by atoms with Gasteiger partial charge >= 0.3 is 0 Å². The Labute approximate surface area is 328 Å². The van der Waals surface area contributed by atoms with Crippen molar-refractivity contribution in [1.29, 1.82) is 0 Å². The first kappa shape index (κ1) is 32.6. The Balaban J connectivity index is 1.20. The molecule has 3 aromatic heterocycles. The first-order valence-corrected chi connectivity index (χ1v) is 18.9. The molecule has 0 unspecified atom stereocenters. The van der Waals surface area contributed by atoms with Crippen LogP contribution in [0.3, 0.4) is 0 Å². The predicted octanol–water partition coefficient (Wildman–Crippen LogP) is 13.8. The number of fused-ring (bicyclic) bond motifs is 6. The van der Waals surface area contributed by atoms with Crippen LogP contribution in [-0.4, -0.2) is 15.0 Å². The van der Waals surface area contributed by atoms with Crippen molar-refractivity contribution in [1.82, 2.24) is 15.0 Å². The van der Waals surface area contributed by atoms with Crippen LogP contribution >= 0.6 is 0 Å². The van der Waals surface area contributed by atoms with Crippen molar-refractivity contribution in [3.05, 3.63) is 194 Å². The molecule has 0 saturated carbocycles. The second kappa shape index (κ2) is 13.5. The molecule has 11 aromatic rings. The third-order valence-corrected chi connectivity index (χ3v) is 10.5. The summed E-state index contributed by atoms with van der Waals surface area (Å²) in [4.78, 5) is 17.7. The van der Waals surface area contributed by atoms with Crippen LogP contribution in [0.25, 0.3) is 89.2 Å². The standard InChI is InChI=1S/C51H32N4O2/c1-4-15-33(16-5-1)34-27-29-37(30-28-34)55(43-24-14-23-40-39-21-10-12-25-44(39)57-48(40)43)38-31-42(47-41-22-11-13-26-45(41)56-46(47)32-38)51-53-49(35-17-6-2-7-18-35)52-50(54-51)36-19-8-3-9-20-36/h1-32H. The highest BCUT2D eigenvalue weighted by Gasteiger charge is 2.24. The van der Waals surface area contributed by atoms with Crippen molar-refractivity contribution >= 4 is 60.9 Å². The zero-order chi connectivity index (χ0) is 37.7. The molecule has 0 aliphatic heterocycles. The molecule has 6 heteroatoms. The molecule has 0 fully saturated rings. The van der Waals surface area contributed by atoms with Crippen LogP contribution in [0.4, 0.5) is 17.1 Å². The fourth-order valence-corrected chi connectivity index (χ4v) is 7.84. The quantitative estimate of drug-likeness (QED) is 0.162. The van der Waals surface area contributed by atoms with Gasteiger partial charge in [0.05, 0.1) is 11.4 Å². The Kier molecular flexibility index (Phi) is 7.71. The van der Waals surface area contributed by atoms with Crippen LogP contribution in [0.15, 0.2) is 203 Å². The normalized spacial score (nSPS) is 11.5. The first-order valence-electron chi connectivity index (χ1n) is 18.9. The number of rotatable bonds is 7. The molecule has 0 amide bonds. The Morgan fingerprint density at radius 1 is 0.351 bits per heavy atom. The molecule has 3 heterocycles. The Bertz CT molecular complexity index is 3170. The fourth-order valence-electron chi connectivity index (χ4n) is 7.84. The van der Waals surface area contributed by atoms with Gasteiger partial charge in [-0.1, -0.05) is 152 Å². The number of nitrogens with zero attached hydrogens (tertiary/aromatic N) is 4. The van der Waals surface area contributed by atoms with Crippen molar-refractivity contribution in [2.45, 2.75) is 0 Å². The number of hydrogen-bond acceptors (Lipinski definition) is 6. The van der Waals surface area contributed by atoms with E-state index >= 15 is 0 Å². The monoisotopic (exact) mass is 732 g/mol. The van der Waals surface area contributed by atoms with Gasteiger partial charge in [0.1, 0.15) is 16.7 Å². The number of aromatic nitrogens is 3. The number of hydrogen-bond donors (Lipinski definition) is 0. The molecule has 0 aliphatic rings. The lowest BCUT2D eigenvalue weighted by molar-refractivity contribution is 0.667. The van der Waals surface area contributed by atoms with Gasteiger partial charge in [-0.05, 0) is 47.5 Å². The minimum absolute atomic E-state index is 0.544. The van der Waals surface area contributed by atoms with E-state index in [-0.39, 0.29) is 0 Å². The van der Waals surface area contributed by atoms with Gasteiger partial charge in [-0.2, -0.15) is 0 Å². The van der Waals surface area contributed by atoms with E-state index in [0.717, 1.165) is 83.2 Å². The van der Waals surface area contributed by atoms with Crippen LogP contribution in [0.5, 0.6) is 0 Å². The smallest absolute Gasteiger partial charge is 0.164 e. The van der Waals surface area contributed by atoms with Gasteiger partial charge in [0.25, 0.3) is 0 Å². The van der Waals surface area contributed by atoms with Crippen molar-refractivity contribution < 1.29 is 8.83 Å². The van der Waals surface area contributed by atoms with Gasteiger partial charge in [0.2, 0.25) is 0 Å². The van der Waals surface area contributed by atoms with E-state index in [4.69, 9.17) is 23.8 Å². The SMILES string of the molecule is c1ccc(-c2ccc(N(c3cc(-c4nc(-c5ccccc5)nc(-c5ccccc5)n4)c4c(c3)oc3ccccc34)c3cccc4c3oc3ccccc34)cc2)cc1. The maximum atomic E-state index is 6.70. The fraction of sp³-hybridized carbons (Fsp3) is 0. The molecule has 0 N–H and O–H groups in total. The van der Waals surface area contributed by atoms with Gasteiger partial charge in [0, 0.05) is 50.0 Å². The van der Waals surface area contributed by atoms with E-state index in [1.54, 1.807) is 0 Å². The minimum atomic E-state index is 0.544. The average Bonchev–Trinajstić information content (AvgIpc) is 3.86. The number of furan rings is 2. The third kappa shape index (κ3) is 5.70. The first-order chi connectivity index (χ1) is 28.2. The summed E-state index contributed by atoms with van der Waals surface area (Å²) in [7, 11) is 0. The molecule has 57 heavy (non-hydrogen) atoms. The zero-order valence-corrected chi connectivity index (χ0v) is 30.6. The summed E-state index contributed by atoms with van der Waals surface area (Å²) in [6, 6.07) is 66.2. The largest absolute Gasteiger partial charge is 0.456 e. The summed E-state index contributed by atoms with van der Waals surface area (Å²) >= 11 is 0. The topological polar surface area (TPSA) is 68.2 Å². The summed E-state index contributed by atoms with van der Waals surface area (Å²) in [5.41, 5.74) is 10.7.